The quantitative estimate of drug-likeness (QED) is 0.705. The molecule has 1 aromatic carbocycles. The lowest BCUT2D eigenvalue weighted by atomic mass is 9.56. The number of hydrogen-bond acceptors (Lipinski definition) is 5. The van der Waals surface area contributed by atoms with Gasteiger partial charge in [0, 0.05) is 24.2 Å². The second-order valence-electron chi connectivity index (χ2n) is 9.56. The summed E-state index contributed by atoms with van der Waals surface area (Å²) in [5.74, 6) is 1.13. The van der Waals surface area contributed by atoms with Gasteiger partial charge in [0.2, 0.25) is 0 Å². The zero-order valence-corrected chi connectivity index (χ0v) is 18.0. The van der Waals surface area contributed by atoms with Gasteiger partial charge in [0.25, 0.3) is 0 Å². The van der Waals surface area contributed by atoms with E-state index in [0.717, 1.165) is 31.7 Å². The topological polar surface area (TPSA) is 82.9 Å². The van der Waals surface area contributed by atoms with Crippen molar-refractivity contribution in [3.8, 4) is 11.5 Å². The van der Waals surface area contributed by atoms with Crippen LogP contribution in [0, 0.1) is 11.8 Å². The Bertz CT molecular complexity index is 989. The third-order valence-electron chi connectivity index (χ3n) is 7.79. The number of phenolic OH excluding ortho intramolecular Hbond substituents is 1. The van der Waals surface area contributed by atoms with E-state index in [2.05, 4.69) is 22.9 Å². The third kappa shape index (κ3) is 3.78. The Morgan fingerprint density at radius 2 is 2.13 bits per heavy atom. The van der Waals surface area contributed by atoms with Gasteiger partial charge in [0.15, 0.2) is 0 Å². The van der Waals surface area contributed by atoms with Gasteiger partial charge in [0.1, 0.15) is 11.5 Å². The molecule has 31 heavy (non-hydrogen) atoms. The molecule has 2 heterocycles. The fourth-order valence-corrected chi connectivity index (χ4v) is 5.85. The number of piperidine rings is 1. The Balaban J connectivity index is 1.39. The average molecular weight is 423 g/mol. The summed E-state index contributed by atoms with van der Waals surface area (Å²) in [5, 5.41) is 19.4. The van der Waals surface area contributed by atoms with Gasteiger partial charge in [-0.05, 0) is 79.8 Å². The predicted molar refractivity (Wildman–Crippen MR) is 117 cm³/mol. The number of benzene rings is 1. The Hall–Kier alpha value is -2.60. The number of carboxylic acids is 1. The Morgan fingerprint density at radius 3 is 2.90 bits per heavy atom. The summed E-state index contributed by atoms with van der Waals surface area (Å²) in [4.78, 5) is 17.9. The number of phenols is 1. The molecule has 6 nitrogen and oxygen atoms in total. The van der Waals surface area contributed by atoms with Gasteiger partial charge in [0.05, 0.1) is 18.4 Å². The molecule has 2 fully saturated rings. The third-order valence-corrected chi connectivity index (χ3v) is 7.79. The molecule has 5 rings (SSSR count). The summed E-state index contributed by atoms with van der Waals surface area (Å²) in [6.45, 7) is 5.14. The maximum absolute atomic E-state index is 11.2. The van der Waals surface area contributed by atoms with E-state index < -0.39 is 5.97 Å². The number of fused-ring (bicyclic) bond motifs is 4. The van der Waals surface area contributed by atoms with E-state index in [4.69, 9.17) is 4.74 Å². The largest absolute Gasteiger partial charge is 0.508 e. The zero-order chi connectivity index (χ0) is 21.6. The van der Waals surface area contributed by atoms with Gasteiger partial charge < -0.3 is 14.9 Å². The van der Waals surface area contributed by atoms with E-state index in [1.54, 1.807) is 6.20 Å². The summed E-state index contributed by atoms with van der Waals surface area (Å²) in [5.41, 5.74) is 2.69. The molecule has 1 saturated carbocycles. The Kier molecular flexibility index (Phi) is 5.13. The number of likely N-dealkylation sites (tertiary alicyclic amines) is 1. The van der Waals surface area contributed by atoms with Gasteiger partial charge in [-0.25, -0.2) is 4.79 Å². The zero-order valence-electron chi connectivity index (χ0n) is 18.0. The van der Waals surface area contributed by atoms with Crippen LogP contribution in [0.1, 0.15) is 54.1 Å². The average Bonchev–Trinajstić information content (AvgIpc) is 3.57. The van der Waals surface area contributed by atoms with Crippen molar-refractivity contribution in [2.45, 2.75) is 50.5 Å². The molecule has 0 radical (unpaired) electrons. The van der Waals surface area contributed by atoms with Crippen molar-refractivity contribution in [3.05, 3.63) is 53.3 Å². The van der Waals surface area contributed by atoms with Crippen LogP contribution in [0.3, 0.4) is 0 Å². The van der Waals surface area contributed by atoms with Crippen LogP contribution >= 0.6 is 0 Å². The first-order valence-corrected chi connectivity index (χ1v) is 11.3. The summed E-state index contributed by atoms with van der Waals surface area (Å²) in [7, 11) is 0. The van der Waals surface area contributed by atoms with Crippen LogP contribution in [-0.4, -0.2) is 51.8 Å². The van der Waals surface area contributed by atoms with Crippen molar-refractivity contribution in [3.63, 3.8) is 0 Å². The highest BCUT2D eigenvalue weighted by molar-refractivity contribution is 5.87. The molecular formula is C25H30N2O4. The number of carboxylic acid groups (broad SMARTS) is 1. The number of aromatic carboxylic acids is 1. The molecule has 2 bridgehead atoms. The number of aromatic hydroxyl groups is 1. The van der Waals surface area contributed by atoms with Crippen LogP contribution in [0.5, 0.6) is 11.5 Å². The number of pyridine rings is 1. The minimum Gasteiger partial charge on any atom is -0.508 e. The first-order valence-electron chi connectivity index (χ1n) is 11.3. The molecular weight excluding hydrogens is 392 g/mol. The van der Waals surface area contributed by atoms with Crippen LogP contribution < -0.4 is 4.74 Å². The number of hydrogen-bond donors (Lipinski definition) is 2. The van der Waals surface area contributed by atoms with Crippen molar-refractivity contribution >= 4 is 5.97 Å². The number of aromatic nitrogens is 1. The summed E-state index contributed by atoms with van der Waals surface area (Å²) >= 11 is 0. The second kappa shape index (κ2) is 7.83. The fourth-order valence-electron chi connectivity index (χ4n) is 5.85. The summed E-state index contributed by atoms with van der Waals surface area (Å²) in [6.07, 6.45) is 8.54. The molecule has 1 saturated heterocycles. The smallest absolute Gasteiger partial charge is 0.337 e. The van der Waals surface area contributed by atoms with Gasteiger partial charge in [-0.15, -0.1) is 0 Å². The van der Waals surface area contributed by atoms with Crippen LogP contribution in [0.4, 0.5) is 0 Å². The van der Waals surface area contributed by atoms with Crippen molar-refractivity contribution < 1.29 is 19.7 Å². The predicted octanol–water partition coefficient (Wildman–Crippen LogP) is 3.87. The van der Waals surface area contributed by atoms with Crippen LogP contribution in [-0.2, 0) is 11.8 Å². The highest BCUT2D eigenvalue weighted by atomic mass is 16.5. The normalized spacial score (nSPS) is 27.5. The number of ether oxygens (including phenoxy) is 1. The lowest BCUT2D eigenvalue weighted by Gasteiger charge is -2.56. The van der Waals surface area contributed by atoms with Crippen molar-refractivity contribution in [1.82, 2.24) is 9.88 Å². The lowest BCUT2D eigenvalue weighted by molar-refractivity contribution is 0.00985. The SMILES string of the molecule is C[C@H]1[C@H]2Cc3ccc(O)cc3[C@@]1(CCOc1cncc(C(=O)O)c1)CCN2CC1CC1. The Labute approximate surface area is 182 Å². The summed E-state index contributed by atoms with van der Waals surface area (Å²) < 4.78 is 5.98. The number of nitrogens with zero attached hydrogens (tertiary/aromatic N) is 2. The van der Waals surface area contributed by atoms with Crippen molar-refractivity contribution in [2.75, 3.05) is 19.7 Å². The second-order valence-corrected chi connectivity index (χ2v) is 9.56. The maximum atomic E-state index is 11.2. The van der Waals surface area contributed by atoms with E-state index in [-0.39, 0.29) is 11.0 Å². The van der Waals surface area contributed by atoms with E-state index in [1.165, 1.54) is 42.8 Å². The monoisotopic (exact) mass is 422 g/mol. The highest BCUT2D eigenvalue weighted by Crippen LogP contribution is 2.52. The maximum Gasteiger partial charge on any atom is 0.337 e. The van der Waals surface area contributed by atoms with Gasteiger partial charge in [-0.1, -0.05) is 13.0 Å². The minimum absolute atomic E-state index is 0.0467. The van der Waals surface area contributed by atoms with E-state index in [0.29, 0.717) is 30.1 Å². The van der Waals surface area contributed by atoms with Gasteiger partial charge in [-0.2, -0.15) is 0 Å². The standard InChI is InChI=1S/C25H30N2O4/c1-16-23-11-18-4-5-20(28)12-22(18)25(16,6-8-27(23)15-17-2-3-17)7-9-31-21-10-19(24(29)30)13-26-14-21/h4-5,10,12-14,16-17,23,28H,2-3,6-9,11,15H2,1H3,(H,29,30)/t16-,23+,25+/m0/s1. The van der Waals surface area contributed by atoms with Crippen molar-refractivity contribution in [2.24, 2.45) is 11.8 Å². The van der Waals surface area contributed by atoms with Gasteiger partial charge >= 0.3 is 5.97 Å². The van der Waals surface area contributed by atoms with E-state index in [9.17, 15) is 15.0 Å². The lowest BCUT2D eigenvalue weighted by Crippen LogP contribution is -2.59. The number of carbonyl (C=O) groups is 1. The first kappa shape index (κ1) is 20.3. The van der Waals surface area contributed by atoms with Crippen LogP contribution in [0.25, 0.3) is 0 Å². The molecule has 164 valence electrons. The molecule has 2 N–H and O–H groups in total. The molecule has 2 aliphatic carbocycles. The van der Waals surface area contributed by atoms with Crippen molar-refractivity contribution in [1.29, 1.82) is 0 Å². The number of rotatable bonds is 7. The summed E-state index contributed by atoms with van der Waals surface area (Å²) in [6, 6.07) is 7.91. The van der Waals surface area contributed by atoms with E-state index in [1.807, 2.05) is 12.1 Å². The molecule has 0 amide bonds. The molecule has 1 aliphatic heterocycles. The molecule has 2 aromatic rings. The van der Waals surface area contributed by atoms with Gasteiger partial charge in [-0.3, -0.25) is 9.88 Å². The fraction of sp³-hybridized carbons (Fsp3) is 0.520. The molecule has 1 aromatic heterocycles. The molecule has 0 unspecified atom stereocenters. The first-order chi connectivity index (χ1) is 15.0. The molecule has 3 atom stereocenters. The van der Waals surface area contributed by atoms with Crippen LogP contribution in [0.2, 0.25) is 0 Å². The molecule has 6 heteroatoms. The van der Waals surface area contributed by atoms with Crippen LogP contribution in [0.15, 0.2) is 36.7 Å². The minimum atomic E-state index is -1.01. The molecule has 3 aliphatic rings. The highest BCUT2D eigenvalue weighted by Gasteiger charge is 2.51. The molecule has 0 spiro atoms. The Morgan fingerprint density at radius 1 is 1.29 bits per heavy atom. The van der Waals surface area contributed by atoms with E-state index >= 15 is 0 Å².